The fraction of sp³-hybridized carbons (Fsp3) is 0.273. The van der Waals surface area contributed by atoms with E-state index < -0.39 is 4.92 Å². The van der Waals surface area contributed by atoms with Crippen LogP contribution in [0.2, 0.25) is 0 Å². The molecule has 18 heavy (non-hydrogen) atoms. The van der Waals surface area contributed by atoms with E-state index in [9.17, 15) is 10.1 Å². The molecule has 0 aliphatic carbocycles. The maximum atomic E-state index is 11.0. The Bertz CT molecular complexity index is 582. The largest absolute Gasteiger partial charge is 0.354 e. The first-order valence-electron chi connectivity index (χ1n) is 5.43. The Morgan fingerprint density at radius 3 is 2.89 bits per heavy atom. The van der Waals surface area contributed by atoms with Crippen molar-refractivity contribution in [2.45, 2.75) is 13.8 Å². The number of aryl methyl sites for hydroxylation is 1. The van der Waals surface area contributed by atoms with E-state index in [2.05, 4.69) is 15.3 Å². The minimum atomic E-state index is -0.454. The fourth-order valence-corrected chi connectivity index (χ4v) is 2.46. The molecule has 0 atom stereocenters. The molecule has 7 heteroatoms. The highest BCUT2D eigenvalue weighted by atomic mass is 32.1. The normalized spacial score (nSPS) is 10.3. The number of nitrogens with one attached hydrogen (secondary N) is 1. The monoisotopic (exact) mass is 264 g/mol. The van der Waals surface area contributed by atoms with E-state index in [4.69, 9.17) is 0 Å². The first-order chi connectivity index (χ1) is 8.63. The lowest BCUT2D eigenvalue weighted by Gasteiger charge is -2.05. The Kier molecular flexibility index (Phi) is 3.52. The van der Waals surface area contributed by atoms with Gasteiger partial charge in [0.25, 0.3) is 0 Å². The number of nitro groups is 1. The molecule has 2 aromatic heterocycles. The van der Waals surface area contributed by atoms with Crippen LogP contribution in [0.5, 0.6) is 0 Å². The number of nitrogens with zero attached hydrogens (tertiary/aromatic N) is 3. The number of rotatable bonds is 4. The van der Waals surface area contributed by atoms with Gasteiger partial charge in [-0.25, -0.2) is 9.97 Å². The Labute approximate surface area is 108 Å². The Morgan fingerprint density at radius 2 is 2.33 bits per heavy atom. The predicted octanol–water partition coefficient (Wildman–Crippen LogP) is 2.85. The van der Waals surface area contributed by atoms with Crippen molar-refractivity contribution in [3.8, 4) is 10.6 Å². The third-order valence-electron chi connectivity index (χ3n) is 2.38. The lowest BCUT2D eigenvalue weighted by molar-refractivity contribution is -0.384. The fourth-order valence-electron chi connectivity index (χ4n) is 1.53. The highest BCUT2D eigenvalue weighted by Crippen LogP contribution is 2.34. The maximum Gasteiger partial charge on any atom is 0.314 e. The molecule has 0 saturated carbocycles. The molecule has 2 heterocycles. The van der Waals surface area contributed by atoms with Crippen LogP contribution in [0.15, 0.2) is 17.6 Å². The van der Waals surface area contributed by atoms with Gasteiger partial charge in [-0.2, -0.15) is 0 Å². The summed E-state index contributed by atoms with van der Waals surface area (Å²) in [5.41, 5.74) is 1.28. The van der Waals surface area contributed by atoms with Crippen LogP contribution >= 0.6 is 11.3 Å². The average Bonchev–Trinajstić information content (AvgIpc) is 2.75. The molecule has 0 aliphatic heterocycles. The Hall–Kier alpha value is -2.02. The van der Waals surface area contributed by atoms with Gasteiger partial charge in [0.15, 0.2) is 5.69 Å². The van der Waals surface area contributed by atoms with Gasteiger partial charge in [0.05, 0.1) is 9.80 Å². The van der Waals surface area contributed by atoms with Crippen LogP contribution in [0.1, 0.15) is 12.5 Å². The number of hydrogen-bond donors (Lipinski definition) is 1. The van der Waals surface area contributed by atoms with E-state index in [1.807, 2.05) is 25.3 Å². The molecule has 94 valence electrons. The summed E-state index contributed by atoms with van der Waals surface area (Å²) >= 11 is 1.44. The second-order valence-electron chi connectivity index (χ2n) is 3.65. The van der Waals surface area contributed by atoms with Gasteiger partial charge < -0.3 is 5.32 Å². The first kappa shape index (κ1) is 12.4. The molecule has 0 amide bonds. The zero-order valence-electron chi connectivity index (χ0n) is 10.0. The van der Waals surface area contributed by atoms with E-state index >= 15 is 0 Å². The second kappa shape index (κ2) is 5.09. The van der Waals surface area contributed by atoms with Gasteiger partial charge in [0.1, 0.15) is 6.20 Å². The highest BCUT2D eigenvalue weighted by molar-refractivity contribution is 7.13. The van der Waals surface area contributed by atoms with Crippen LogP contribution in [0.3, 0.4) is 0 Å². The molecule has 0 aromatic carbocycles. The third-order valence-corrected chi connectivity index (χ3v) is 3.40. The van der Waals surface area contributed by atoms with E-state index in [0.29, 0.717) is 18.2 Å². The zero-order valence-corrected chi connectivity index (χ0v) is 10.8. The molecule has 2 rings (SSSR count). The lowest BCUT2D eigenvalue weighted by Crippen LogP contribution is -2.04. The molecule has 0 spiro atoms. The summed E-state index contributed by atoms with van der Waals surface area (Å²) in [6.07, 6.45) is 1.25. The molecule has 2 aromatic rings. The molecule has 0 saturated heterocycles. The summed E-state index contributed by atoms with van der Waals surface area (Å²) in [6, 6.07) is 1.92. The maximum absolute atomic E-state index is 11.0. The topological polar surface area (TPSA) is 81.0 Å². The third kappa shape index (κ3) is 2.30. The molecule has 0 unspecified atom stereocenters. The smallest absolute Gasteiger partial charge is 0.314 e. The van der Waals surface area contributed by atoms with Crippen molar-refractivity contribution in [2.24, 2.45) is 0 Å². The van der Waals surface area contributed by atoms with Crippen LogP contribution in [0.4, 0.5) is 11.6 Å². The summed E-state index contributed by atoms with van der Waals surface area (Å²) < 4.78 is 0. The van der Waals surface area contributed by atoms with Gasteiger partial charge in [0.2, 0.25) is 5.95 Å². The molecule has 0 aliphatic rings. The van der Waals surface area contributed by atoms with Crippen molar-refractivity contribution in [1.82, 2.24) is 9.97 Å². The quantitative estimate of drug-likeness (QED) is 0.678. The van der Waals surface area contributed by atoms with Crippen molar-refractivity contribution in [3.63, 3.8) is 0 Å². The van der Waals surface area contributed by atoms with Crippen LogP contribution in [-0.4, -0.2) is 21.4 Å². The van der Waals surface area contributed by atoms with E-state index in [-0.39, 0.29) is 5.69 Å². The second-order valence-corrected chi connectivity index (χ2v) is 4.56. The molecule has 1 N–H and O–H groups in total. The molecular formula is C11H12N4O2S. The Balaban J connectivity index is 2.58. The van der Waals surface area contributed by atoms with Crippen LogP contribution in [0.25, 0.3) is 10.6 Å². The van der Waals surface area contributed by atoms with Crippen molar-refractivity contribution in [1.29, 1.82) is 0 Å². The summed E-state index contributed by atoms with van der Waals surface area (Å²) in [5, 5.41) is 15.9. The van der Waals surface area contributed by atoms with Crippen molar-refractivity contribution < 1.29 is 4.92 Å². The molecule has 0 radical (unpaired) electrons. The average molecular weight is 264 g/mol. The van der Waals surface area contributed by atoms with Gasteiger partial charge in [-0.3, -0.25) is 10.1 Å². The van der Waals surface area contributed by atoms with Gasteiger partial charge in [0, 0.05) is 6.54 Å². The van der Waals surface area contributed by atoms with Crippen molar-refractivity contribution in [2.75, 3.05) is 11.9 Å². The van der Waals surface area contributed by atoms with E-state index in [1.54, 1.807) is 0 Å². The highest BCUT2D eigenvalue weighted by Gasteiger charge is 2.21. The number of anilines is 1. The summed E-state index contributed by atoms with van der Waals surface area (Å²) in [7, 11) is 0. The molecule has 0 fully saturated rings. The summed E-state index contributed by atoms with van der Waals surface area (Å²) in [5.74, 6) is 0.408. The number of hydrogen-bond acceptors (Lipinski definition) is 6. The van der Waals surface area contributed by atoms with E-state index in [0.717, 1.165) is 10.4 Å². The van der Waals surface area contributed by atoms with Gasteiger partial charge >= 0.3 is 5.69 Å². The minimum absolute atomic E-state index is 0.0674. The van der Waals surface area contributed by atoms with Crippen molar-refractivity contribution in [3.05, 3.63) is 33.3 Å². The molecular weight excluding hydrogens is 252 g/mol. The van der Waals surface area contributed by atoms with Crippen LogP contribution < -0.4 is 5.32 Å². The molecule has 6 nitrogen and oxygen atoms in total. The number of thiophene rings is 1. The summed E-state index contributed by atoms with van der Waals surface area (Å²) in [4.78, 5) is 19.5. The SMILES string of the molecule is CCNc1ncc([N+](=O)[O-])c(-c2sccc2C)n1. The zero-order chi connectivity index (χ0) is 13.1. The van der Waals surface area contributed by atoms with Crippen LogP contribution in [-0.2, 0) is 0 Å². The first-order valence-corrected chi connectivity index (χ1v) is 6.31. The van der Waals surface area contributed by atoms with Gasteiger partial charge in [-0.1, -0.05) is 0 Å². The van der Waals surface area contributed by atoms with Gasteiger partial charge in [-0.15, -0.1) is 11.3 Å². The van der Waals surface area contributed by atoms with Gasteiger partial charge in [-0.05, 0) is 30.9 Å². The van der Waals surface area contributed by atoms with E-state index in [1.165, 1.54) is 17.5 Å². The predicted molar refractivity (Wildman–Crippen MR) is 70.9 cm³/mol. The van der Waals surface area contributed by atoms with Crippen molar-refractivity contribution >= 4 is 23.0 Å². The Morgan fingerprint density at radius 1 is 1.56 bits per heavy atom. The minimum Gasteiger partial charge on any atom is -0.354 e. The number of aromatic nitrogens is 2. The molecule has 0 bridgehead atoms. The van der Waals surface area contributed by atoms with Crippen LogP contribution in [0, 0.1) is 17.0 Å². The lowest BCUT2D eigenvalue weighted by atomic mass is 10.2. The summed E-state index contributed by atoms with van der Waals surface area (Å²) in [6.45, 7) is 4.49. The standard InChI is InChI=1S/C11H12N4O2S/c1-3-12-11-13-6-8(15(16)17)9(14-11)10-7(2)4-5-18-10/h4-6H,3H2,1-2H3,(H,12,13,14).